The predicted octanol–water partition coefficient (Wildman–Crippen LogP) is 17.7. The van der Waals surface area contributed by atoms with Crippen molar-refractivity contribution in [1.29, 1.82) is 0 Å². The van der Waals surface area contributed by atoms with Crippen molar-refractivity contribution in [3.63, 3.8) is 0 Å². The second-order valence-corrected chi connectivity index (χ2v) is 16.1. The molecule has 374 valence electrons. The van der Waals surface area contributed by atoms with Gasteiger partial charge >= 0.3 is 11.9 Å². The minimum absolute atomic E-state index is 0.124. The summed E-state index contributed by atoms with van der Waals surface area (Å²) < 4.78 is 10.6. The van der Waals surface area contributed by atoms with Crippen LogP contribution in [0.3, 0.4) is 0 Å². The van der Waals surface area contributed by atoms with Gasteiger partial charge in [-0.1, -0.05) is 215 Å². The lowest BCUT2D eigenvalue weighted by molar-refractivity contribution is -0.161. The molecule has 0 rings (SSSR count). The van der Waals surface area contributed by atoms with E-state index in [9.17, 15) is 14.7 Å². The van der Waals surface area contributed by atoms with Gasteiger partial charge in [-0.2, -0.15) is 0 Å². The largest absolute Gasteiger partial charge is 0.462 e. The number of rotatable bonds is 44. The zero-order chi connectivity index (χ0) is 49.2. The Kier molecular flexibility index (Phi) is 51.7. The van der Waals surface area contributed by atoms with E-state index >= 15 is 0 Å². The average Bonchev–Trinajstić information content (AvgIpc) is 3.34. The number of hydrogen-bond donors (Lipinski definition) is 1. The van der Waals surface area contributed by atoms with Crippen LogP contribution in [-0.2, 0) is 19.1 Å². The molecule has 0 fully saturated rings. The SMILES string of the molecule is CC/C=C\C/C=C\C/C=C\C/C=C\C/C=C\C/C=C\C/C=C\C/C=C\C/C=C\C/C=C\C/C=C\CCCCCC(=O)OC(CO)COC(=O)CCC/C=C\C/C=C\C/C=C\C/C=C\C/C=C\CC. The minimum Gasteiger partial charge on any atom is -0.462 e. The molecular weight excluding hydrogens is 837 g/mol. The Morgan fingerprint density at radius 3 is 0.897 bits per heavy atom. The van der Waals surface area contributed by atoms with Gasteiger partial charge in [-0.3, -0.25) is 9.59 Å². The molecule has 0 aromatic heterocycles. The van der Waals surface area contributed by atoms with E-state index < -0.39 is 6.10 Å². The molecular formula is C63H92O5. The molecule has 0 saturated heterocycles. The van der Waals surface area contributed by atoms with Crippen molar-refractivity contribution in [2.45, 2.75) is 174 Å². The number of carbonyl (C=O) groups excluding carboxylic acids is 2. The number of carbonyl (C=O) groups is 2. The summed E-state index contributed by atoms with van der Waals surface area (Å²) in [5, 5.41) is 9.61. The molecule has 0 amide bonds. The molecule has 0 bridgehead atoms. The third-order valence-corrected chi connectivity index (χ3v) is 9.88. The van der Waals surface area contributed by atoms with Crippen LogP contribution in [0.25, 0.3) is 0 Å². The van der Waals surface area contributed by atoms with Crippen LogP contribution in [-0.4, -0.2) is 36.4 Å². The summed E-state index contributed by atoms with van der Waals surface area (Å²) in [7, 11) is 0. The van der Waals surface area contributed by atoms with Crippen molar-refractivity contribution in [2.24, 2.45) is 0 Å². The number of hydrogen-bond acceptors (Lipinski definition) is 5. The van der Waals surface area contributed by atoms with Crippen LogP contribution in [0.4, 0.5) is 0 Å². The highest BCUT2D eigenvalue weighted by Crippen LogP contribution is 2.08. The highest BCUT2D eigenvalue weighted by atomic mass is 16.6. The number of esters is 2. The number of ether oxygens (including phenoxy) is 2. The number of unbranched alkanes of at least 4 members (excludes halogenated alkanes) is 4. The molecule has 5 nitrogen and oxygen atoms in total. The minimum atomic E-state index is -0.829. The first-order valence-corrected chi connectivity index (χ1v) is 26.0. The van der Waals surface area contributed by atoms with Crippen LogP contribution >= 0.6 is 0 Å². The van der Waals surface area contributed by atoms with E-state index in [4.69, 9.17) is 9.47 Å². The second kappa shape index (κ2) is 56.1. The molecule has 0 aliphatic heterocycles. The fraction of sp³-hybridized carbons (Fsp3) is 0.460. The number of allylic oxidation sites excluding steroid dienone is 32. The van der Waals surface area contributed by atoms with Gasteiger partial charge in [-0.05, 0) is 135 Å². The third-order valence-electron chi connectivity index (χ3n) is 9.88. The first-order valence-electron chi connectivity index (χ1n) is 26.0. The van der Waals surface area contributed by atoms with Crippen LogP contribution in [0.5, 0.6) is 0 Å². The first kappa shape index (κ1) is 62.7. The van der Waals surface area contributed by atoms with Crippen molar-refractivity contribution in [3.8, 4) is 0 Å². The zero-order valence-electron chi connectivity index (χ0n) is 42.5. The molecule has 1 N–H and O–H groups in total. The van der Waals surface area contributed by atoms with Crippen LogP contribution in [0, 0.1) is 0 Å². The Hall–Kier alpha value is -5.26. The molecule has 0 aliphatic rings. The van der Waals surface area contributed by atoms with E-state index in [1.165, 1.54) is 0 Å². The summed E-state index contributed by atoms with van der Waals surface area (Å²) in [4.78, 5) is 24.4. The van der Waals surface area contributed by atoms with Crippen molar-refractivity contribution in [2.75, 3.05) is 13.2 Å². The molecule has 0 radical (unpaired) electrons. The second-order valence-electron chi connectivity index (χ2n) is 16.1. The lowest BCUT2D eigenvalue weighted by Gasteiger charge is -2.15. The zero-order valence-corrected chi connectivity index (χ0v) is 42.5. The summed E-state index contributed by atoms with van der Waals surface area (Å²) in [6.45, 7) is 3.80. The summed E-state index contributed by atoms with van der Waals surface area (Å²) in [5.41, 5.74) is 0. The van der Waals surface area contributed by atoms with Crippen LogP contribution in [0.1, 0.15) is 168 Å². The molecule has 0 heterocycles. The van der Waals surface area contributed by atoms with E-state index in [-0.39, 0.29) is 38.0 Å². The van der Waals surface area contributed by atoms with Crippen molar-refractivity contribution in [3.05, 3.63) is 194 Å². The average molecular weight is 929 g/mol. The topological polar surface area (TPSA) is 72.8 Å². The number of aliphatic hydroxyl groups excluding tert-OH is 1. The maximum atomic E-state index is 12.3. The number of aliphatic hydroxyl groups is 1. The predicted molar refractivity (Wildman–Crippen MR) is 296 cm³/mol. The third kappa shape index (κ3) is 53.4. The Balaban J connectivity index is 3.77. The molecule has 5 heteroatoms. The Morgan fingerprint density at radius 1 is 0.338 bits per heavy atom. The fourth-order valence-electron chi connectivity index (χ4n) is 6.06. The molecule has 0 spiro atoms. The maximum absolute atomic E-state index is 12.3. The van der Waals surface area contributed by atoms with Gasteiger partial charge in [0.15, 0.2) is 6.10 Å². The van der Waals surface area contributed by atoms with Crippen LogP contribution in [0.15, 0.2) is 194 Å². The van der Waals surface area contributed by atoms with Gasteiger partial charge in [-0.25, -0.2) is 0 Å². The quantitative estimate of drug-likeness (QED) is 0.0374. The van der Waals surface area contributed by atoms with Gasteiger partial charge < -0.3 is 14.6 Å². The molecule has 1 atom stereocenters. The van der Waals surface area contributed by atoms with Gasteiger partial charge in [0.05, 0.1) is 6.61 Å². The molecule has 0 aromatic rings. The fourth-order valence-corrected chi connectivity index (χ4v) is 6.06. The molecule has 0 aromatic carbocycles. The van der Waals surface area contributed by atoms with Gasteiger partial charge in [0.1, 0.15) is 6.61 Å². The maximum Gasteiger partial charge on any atom is 0.306 e. The lowest BCUT2D eigenvalue weighted by atomic mass is 10.1. The van der Waals surface area contributed by atoms with Crippen LogP contribution in [0.2, 0.25) is 0 Å². The van der Waals surface area contributed by atoms with Crippen molar-refractivity contribution >= 4 is 11.9 Å². The standard InChI is InChI=1S/C63H92O5/c1-3-5-7-9-11-13-15-17-19-21-22-23-24-25-26-27-28-29-30-31-32-33-34-35-36-37-38-39-40-42-44-46-48-50-52-54-56-58-63(66)68-61(59-64)60-67-62(65)57-55-53-51-49-47-45-43-41-20-18-16-14-12-10-8-6-4-2/h5-8,11-14,17-20,22-23,25-26,28-29,31-32,34-35,37-38,40,42-43,45-46,48-49,51,61,64H,3-4,9-10,15-16,21,24,27,30,33,36,39,41,44,47,50,52-60H2,1-2H3/b7-5-,8-6-,13-11-,14-12-,19-17-,20-18-,23-22-,26-25-,29-28-,32-31-,35-34-,38-37-,42-40-,45-43-,48-46-,51-49-. The van der Waals surface area contributed by atoms with Gasteiger partial charge in [0.2, 0.25) is 0 Å². The van der Waals surface area contributed by atoms with Gasteiger partial charge in [0, 0.05) is 12.8 Å². The monoisotopic (exact) mass is 929 g/mol. The van der Waals surface area contributed by atoms with Gasteiger partial charge in [-0.15, -0.1) is 0 Å². The van der Waals surface area contributed by atoms with E-state index in [1.807, 2.05) is 0 Å². The van der Waals surface area contributed by atoms with E-state index in [1.54, 1.807) is 0 Å². The Labute approximate surface area is 416 Å². The highest BCUT2D eigenvalue weighted by molar-refractivity contribution is 5.70. The van der Waals surface area contributed by atoms with Gasteiger partial charge in [0.25, 0.3) is 0 Å². The smallest absolute Gasteiger partial charge is 0.306 e. The Bertz CT molecular complexity index is 1660. The summed E-state index contributed by atoms with van der Waals surface area (Å²) in [5.74, 6) is -0.718. The summed E-state index contributed by atoms with van der Waals surface area (Å²) in [6, 6.07) is 0. The van der Waals surface area contributed by atoms with E-state index in [0.29, 0.717) is 6.42 Å². The Morgan fingerprint density at radius 2 is 0.603 bits per heavy atom. The van der Waals surface area contributed by atoms with E-state index in [0.717, 1.165) is 135 Å². The van der Waals surface area contributed by atoms with E-state index in [2.05, 4.69) is 208 Å². The van der Waals surface area contributed by atoms with Crippen molar-refractivity contribution in [1.82, 2.24) is 0 Å². The highest BCUT2D eigenvalue weighted by Gasteiger charge is 2.16. The van der Waals surface area contributed by atoms with Crippen molar-refractivity contribution < 1.29 is 24.2 Å². The molecule has 0 saturated carbocycles. The lowest BCUT2D eigenvalue weighted by Crippen LogP contribution is -2.28. The van der Waals surface area contributed by atoms with Crippen LogP contribution < -0.4 is 0 Å². The summed E-state index contributed by atoms with van der Waals surface area (Å²) >= 11 is 0. The molecule has 68 heavy (non-hydrogen) atoms. The normalized spacial score (nSPS) is 13.9. The summed E-state index contributed by atoms with van der Waals surface area (Å²) in [6.07, 6.45) is 91.0. The molecule has 1 unspecified atom stereocenters. The molecule has 0 aliphatic carbocycles. The first-order chi connectivity index (χ1) is 33.6.